The van der Waals surface area contributed by atoms with Crippen LogP contribution in [0, 0.1) is 0 Å². The molecule has 1 N–H and O–H groups in total. The van der Waals surface area contributed by atoms with Crippen LogP contribution in [0.2, 0.25) is 0 Å². The SMILES string of the molecule is CC(C)c1nnc(NC(=O)c2ccc(CS(=O)(=O)c3ccccc3)cc2)s1. The normalized spacial score (nSPS) is 11.5. The van der Waals surface area contributed by atoms with E-state index in [9.17, 15) is 13.2 Å². The average Bonchev–Trinajstić information content (AvgIpc) is 3.11. The van der Waals surface area contributed by atoms with Gasteiger partial charge in [0.1, 0.15) is 5.01 Å². The van der Waals surface area contributed by atoms with Gasteiger partial charge in [0.05, 0.1) is 10.6 Å². The molecule has 6 nitrogen and oxygen atoms in total. The summed E-state index contributed by atoms with van der Waals surface area (Å²) in [5, 5.41) is 12.0. The van der Waals surface area contributed by atoms with Crippen LogP contribution < -0.4 is 5.32 Å². The summed E-state index contributed by atoms with van der Waals surface area (Å²) in [6, 6.07) is 14.8. The molecule has 8 heteroatoms. The lowest BCUT2D eigenvalue weighted by molar-refractivity contribution is 0.102. The highest BCUT2D eigenvalue weighted by Gasteiger charge is 2.16. The number of nitrogens with one attached hydrogen (secondary N) is 1. The van der Waals surface area contributed by atoms with Crippen molar-refractivity contribution < 1.29 is 13.2 Å². The number of carbonyl (C=O) groups is 1. The molecule has 0 atom stereocenters. The van der Waals surface area contributed by atoms with Gasteiger partial charge in [-0.2, -0.15) is 0 Å². The number of nitrogens with zero attached hydrogens (tertiary/aromatic N) is 2. The van der Waals surface area contributed by atoms with Crippen LogP contribution in [-0.4, -0.2) is 24.5 Å². The standard InChI is InChI=1S/C19H19N3O3S2/c1-13(2)18-21-22-19(26-18)20-17(23)15-10-8-14(9-11-15)12-27(24,25)16-6-4-3-5-7-16/h3-11,13H,12H2,1-2H3,(H,20,22,23). The van der Waals surface area contributed by atoms with Crippen LogP contribution in [0.5, 0.6) is 0 Å². The highest BCUT2D eigenvalue weighted by atomic mass is 32.2. The zero-order chi connectivity index (χ0) is 19.4. The lowest BCUT2D eigenvalue weighted by Crippen LogP contribution is -2.12. The molecule has 0 aliphatic rings. The summed E-state index contributed by atoms with van der Waals surface area (Å²) < 4.78 is 24.9. The Morgan fingerprint density at radius 2 is 1.70 bits per heavy atom. The maximum absolute atomic E-state index is 12.4. The van der Waals surface area contributed by atoms with Gasteiger partial charge in [-0.1, -0.05) is 55.5 Å². The predicted octanol–water partition coefficient (Wildman–Crippen LogP) is 3.89. The first-order chi connectivity index (χ1) is 12.8. The van der Waals surface area contributed by atoms with Crippen LogP contribution in [0.15, 0.2) is 59.5 Å². The van der Waals surface area contributed by atoms with E-state index in [0.29, 0.717) is 16.3 Å². The number of rotatable bonds is 6. The lowest BCUT2D eigenvalue weighted by Gasteiger charge is -2.06. The number of anilines is 1. The molecule has 1 amide bonds. The molecule has 0 saturated carbocycles. The Bertz CT molecular complexity index is 1030. The van der Waals surface area contributed by atoms with E-state index in [0.717, 1.165) is 5.01 Å². The first-order valence-corrected chi connectivity index (χ1v) is 10.8. The van der Waals surface area contributed by atoms with Gasteiger partial charge in [0.25, 0.3) is 5.91 Å². The molecule has 3 rings (SSSR count). The molecule has 3 aromatic rings. The van der Waals surface area contributed by atoms with E-state index in [4.69, 9.17) is 0 Å². The van der Waals surface area contributed by atoms with Crippen molar-refractivity contribution >= 4 is 32.2 Å². The average molecular weight is 402 g/mol. The Hall–Kier alpha value is -2.58. The third-order valence-electron chi connectivity index (χ3n) is 3.83. The summed E-state index contributed by atoms with van der Waals surface area (Å²) in [4.78, 5) is 12.6. The van der Waals surface area contributed by atoms with Crippen molar-refractivity contribution in [2.45, 2.75) is 30.4 Å². The number of hydrogen-bond donors (Lipinski definition) is 1. The second-order valence-electron chi connectivity index (χ2n) is 6.32. The van der Waals surface area contributed by atoms with Crippen molar-refractivity contribution in [2.24, 2.45) is 0 Å². The molecular formula is C19H19N3O3S2. The Morgan fingerprint density at radius 1 is 1.04 bits per heavy atom. The van der Waals surface area contributed by atoms with Crippen LogP contribution >= 0.6 is 11.3 Å². The first kappa shape index (κ1) is 19.2. The summed E-state index contributed by atoms with van der Waals surface area (Å²) in [6.45, 7) is 4.02. The van der Waals surface area contributed by atoms with Gasteiger partial charge in [-0.05, 0) is 29.8 Å². The minimum atomic E-state index is -3.42. The summed E-state index contributed by atoms with van der Waals surface area (Å²) in [6.07, 6.45) is 0. The maximum atomic E-state index is 12.4. The summed E-state index contributed by atoms with van der Waals surface area (Å²) in [5.41, 5.74) is 1.05. The number of amides is 1. The number of sulfone groups is 1. The van der Waals surface area contributed by atoms with Crippen molar-refractivity contribution in [3.05, 3.63) is 70.7 Å². The highest BCUT2D eigenvalue weighted by molar-refractivity contribution is 7.90. The molecule has 0 bridgehead atoms. The summed E-state index contributed by atoms with van der Waals surface area (Å²) >= 11 is 1.34. The van der Waals surface area contributed by atoms with E-state index in [1.54, 1.807) is 54.6 Å². The van der Waals surface area contributed by atoms with Crippen LogP contribution in [0.3, 0.4) is 0 Å². The van der Waals surface area contributed by atoms with Crippen molar-refractivity contribution in [3.8, 4) is 0 Å². The molecule has 27 heavy (non-hydrogen) atoms. The third-order valence-corrected chi connectivity index (χ3v) is 6.67. The molecule has 0 aliphatic heterocycles. The third kappa shape index (κ3) is 4.78. The molecule has 1 aromatic heterocycles. The molecule has 0 saturated heterocycles. The summed E-state index contributed by atoms with van der Waals surface area (Å²) in [7, 11) is -3.42. The van der Waals surface area contributed by atoms with E-state index in [-0.39, 0.29) is 22.5 Å². The van der Waals surface area contributed by atoms with Crippen LogP contribution in [0.1, 0.15) is 40.7 Å². The van der Waals surface area contributed by atoms with Crippen molar-refractivity contribution in [1.82, 2.24) is 10.2 Å². The van der Waals surface area contributed by atoms with E-state index in [1.165, 1.54) is 11.3 Å². The Morgan fingerprint density at radius 3 is 2.30 bits per heavy atom. The van der Waals surface area contributed by atoms with Gasteiger partial charge in [-0.15, -0.1) is 10.2 Å². The Kier molecular flexibility index (Phi) is 5.67. The molecule has 1 heterocycles. The first-order valence-electron chi connectivity index (χ1n) is 8.36. The lowest BCUT2D eigenvalue weighted by atomic mass is 10.1. The van der Waals surface area contributed by atoms with E-state index in [2.05, 4.69) is 15.5 Å². The molecule has 0 spiro atoms. The Balaban J connectivity index is 1.68. The quantitative estimate of drug-likeness (QED) is 0.677. The van der Waals surface area contributed by atoms with Crippen LogP contribution in [0.4, 0.5) is 5.13 Å². The van der Waals surface area contributed by atoms with E-state index >= 15 is 0 Å². The van der Waals surface area contributed by atoms with Crippen molar-refractivity contribution in [3.63, 3.8) is 0 Å². The molecule has 0 radical (unpaired) electrons. The van der Waals surface area contributed by atoms with Gasteiger partial charge in [-0.25, -0.2) is 8.42 Å². The van der Waals surface area contributed by atoms with Gasteiger partial charge < -0.3 is 0 Å². The zero-order valence-electron chi connectivity index (χ0n) is 14.9. The Labute approximate surface area is 162 Å². The molecule has 0 fully saturated rings. The molecule has 140 valence electrons. The van der Waals surface area contributed by atoms with Gasteiger partial charge >= 0.3 is 0 Å². The van der Waals surface area contributed by atoms with Gasteiger partial charge in [0.15, 0.2) is 9.84 Å². The second-order valence-corrected chi connectivity index (χ2v) is 9.32. The largest absolute Gasteiger partial charge is 0.296 e. The minimum Gasteiger partial charge on any atom is -0.296 e. The van der Waals surface area contributed by atoms with Crippen LogP contribution in [-0.2, 0) is 15.6 Å². The molecular weight excluding hydrogens is 382 g/mol. The zero-order valence-corrected chi connectivity index (χ0v) is 16.5. The smallest absolute Gasteiger partial charge is 0.257 e. The number of carbonyl (C=O) groups excluding carboxylic acids is 1. The maximum Gasteiger partial charge on any atom is 0.257 e. The van der Waals surface area contributed by atoms with Crippen molar-refractivity contribution in [2.75, 3.05) is 5.32 Å². The minimum absolute atomic E-state index is 0.118. The van der Waals surface area contributed by atoms with E-state index in [1.807, 2.05) is 13.8 Å². The van der Waals surface area contributed by atoms with Gasteiger partial charge in [0.2, 0.25) is 5.13 Å². The van der Waals surface area contributed by atoms with Crippen molar-refractivity contribution in [1.29, 1.82) is 0 Å². The van der Waals surface area contributed by atoms with E-state index < -0.39 is 9.84 Å². The highest BCUT2D eigenvalue weighted by Crippen LogP contribution is 2.23. The predicted molar refractivity (Wildman–Crippen MR) is 106 cm³/mol. The molecule has 2 aromatic carbocycles. The fourth-order valence-corrected chi connectivity index (χ4v) is 4.48. The van der Waals surface area contributed by atoms with Crippen LogP contribution in [0.25, 0.3) is 0 Å². The fraction of sp³-hybridized carbons (Fsp3) is 0.211. The van der Waals surface area contributed by atoms with Gasteiger partial charge in [0, 0.05) is 11.5 Å². The topological polar surface area (TPSA) is 89.0 Å². The number of aromatic nitrogens is 2. The number of benzene rings is 2. The van der Waals surface area contributed by atoms with Gasteiger partial charge in [-0.3, -0.25) is 10.1 Å². The molecule has 0 aliphatic carbocycles. The summed E-state index contributed by atoms with van der Waals surface area (Å²) in [5.74, 6) is -0.175. The fourth-order valence-electron chi connectivity index (χ4n) is 2.37. The second kappa shape index (κ2) is 7.98. The monoisotopic (exact) mass is 401 g/mol. The molecule has 0 unspecified atom stereocenters. The number of hydrogen-bond acceptors (Lipinski definition) is 6.